The van der Waals surface area contributed by atoms with Crippen LogP contribution in [-0.2, 0) is 6.17 Å². The van der Waals surface area contributed by atoms with E-state index in [0.29, 0.717) is 0 Å². The Balaban J connectivity index is 1.30. The molecule has 0 aliphatic heterocycles. The molecule has 4 aromatic carbocycles. The third-order valence-corrected chi connectivity index (χ3v) is 8.00. The van der Waals surface area contributed by atoms with E-state index in [2.05, 4.69) is 145 Å². The van der Waals surface area contributed by atoms with E-state index in [1.807, 2.05) is 6.20 Å². The summed E-state index contributed by atoms with van der Waals surface area (Å²) in [4.78, 5) is 4.73. The van der Waals surface area contributed by atoms with Crippen LogP contribution < -0.4 is 5.72 Å². The van der Waals surface area contributed by atoms with Gasteiger partial charge in [-0.1, -0.05) is 127 Å². The van der Waals surface area contributed by atoms with Crippen LogP contribution in [0.15, 0.2) is 140 Å². The Kier molecular flexibility index (Phi) is 8.07. The van der Waals surface area contributed by atoms with Crippen molar-refractivity contribution in [3.8, 4) is 0 Å². The minimum atomic E-state index is -0.365. The fourth-order valence-electron chi connectivity index (χ4n) is 4.67. The zero-order chi connectivity index (χ0) is 24.4. The number of aromatic nitrogens is 2. The lowest BCUT2D eigenvalue weighted by atomic mass is 9.58. The highest BCUT2D eigenvalue weighted by Gasteiger charge is 2.19. The summed E-state index contributed by atoms with van der Waals surface area (Å²) >= 11 is 0. The summed E-state index contributed by atoms with van der Waals surface area (Å²) in [7, 11) is 1.95. The second kappa shape index (κ2) is 12.2. The lowest BCUT2D eigenvalue weighted by Gasteiger charge is -2.18. The molecule has 0 N–H and O–H groups in total. The van der Waals surface area contributed by atoms with Crippen molar-refractivity contribution in [2.75, 3.05) is 0 Å². The number of allylic oxidation sites excluding steroid dienone is 1. The van der Waals surface area contributed by atoms with Gasteiger partial charge in [0.2, 0.25) is 7.28 Å². The van der Waals surface area contributed by atoms with Gasteiger partial charge in [0.15, 0.2) is 0 Å². The molecule has 0 bridgehead atoms. The smallest absolute Gasteiger partial charge is 0.215 e. The molecule has 0 amide bonds. The number of rotatable bonds is 10. The highest BCUT2D eigenvalue weighted by molar-refractivity contribution is 6.54. The second-order valence-corrected chi connectivity index (χ2v) is 10.7. The monoisotopic (exact) mass is 481 g/mol. The van der Waals surface area contributed by atoms with Crippen molar-refractivity contribution in [1.29, 1.82) is 0 Å². The number of hydrogen-bond acceptors (Lipinski definition) is 1. The molecule has 5 rings (SSSR count). The number of hydrogen-bond donors (Lipinski definition) is 0. The normalized spacial score (nSPS) is 11.1. The van der Waals surface area contributed by atoms with Crippen LogP contribution in [0.5, 0.6) is 0 Å². The molecular weight excluding hydrogens is 451 g/mol. The van der Waals surface area contributed by atoms with Gasteiger partial charge in [0.25, 0.3) is 0 Å². The van der Waals surface area contributed by atoms with E-state index in [-0.39, 0.29) is 15.3 Å². The van der Waals surface area contributed by atoms with Gasteiger partial charge in [0, 0.05) is 28.1 Å². The Morgan fingerprint density at radius 2 is 1.22 bits per heavy atom. The molecule has 1 heterocycles. The van der Waals surface area contributed by atoms with Crippen LogP contribution >= 0.6 is 0 Å². The summed E-state index contributed by atoms with van der Waals surface area (Å²) in [5.74, 6) is 0.179. The molecule has 0 aliphatic rings. The Bertz CT molecular complexity index is 1290. The van der Waals surface area contributed by atoms with Gasteiger partial charge in [-0.15, -0.1) is 0 Å². The van der Waals surface area contributed by atoms with E-state index in [9.17, 15) is 0 Å². The molecule has 5 aromatic rings. The van der Waals surface area contributed by atoms with E-state index in [0.717, 1.165) is 17.9 Å². The summed E-state index contributed by atoms with van der Waals surface area (Å²) in [6, 6.07) is 44.0. The van der Waals surface area contributed by atoms with E-state index in [1.54, 1.807) is 0 Å². The second-order valence-electron chi connectivity index (χ2n) is 8.94. The predicted octanol–water partition coefficient (Wildman–Crippen LogP) is 5.68. The minimum Gasteiger partial charge on any atom is -0.347 e. The fraction of sp³-hybridized carbons (Fsp3) is 0.0938. The van der Waals surface area contributed by atoms with Gasteiger partial charge in [0.1, 0.15) is 0 Å². The van der Waals surface area contributed by atoms with Gasteiger partial charge in [-0.2, -0.15) is 0 Å². The van der Waals surface area contributed by atoms with Crippen LogP contribution in [0.2, 0.25) is 6.04 Å². The van der Waals surface area contributed by atoms with Crippen molar-refractivity contribution in [2.45, 2.75) is 18.0 Å². The average Bonchev–Trinajstić information content (AvgIpc) is 3.40. The largest absolute Gasteiger partial charge is 0.347 e. The van der Waals surface area contributed by atoms with Crippen molar-refractivity contribution in [3.63, 3.8) is 0 Å². The quantitative estimate of drug-likeness (QED) is 0.185. The van der Waals surface area contributed by atoms with E-state index >= 15 is 0 Å². The molecule has 0 aliphatic carbocycles. The van der Waals surface area contributed by atoms with Crippen molar-refractivity contribution >= 4 is 28.1 Å². The molecule has 2 nitrogen and oxygen atoms in total. The lowest BCUT2D eigenvalue weighted by Crippen LogP contribution is -2.32. The number of nitrogens with zero attached hydrogens (tertiary/aromatic N) is 2. The van der Waals surface area contributed by atoms with E-state index in [1.165, 1.54) is 27.8 Å². The third kappa shape index (κ3) is 6.02. The molecule has 1 aromatic heterocycles. The molecule has 0 fully saturated rings. The molecule has 0 atom stereocenters. The van der Waals surface area contributed by atoms with Crippen LogP contribution in [-0.4, -0.2) is 26.4 Å². The first-order chi connectivity index (χ1) is 17.9. The molecule has 0 saturated carbocycles. The molecule has 0 unspecified atom stereocenters. The molecular formula is C32H30BN2Si. The van der Waals surface area contributed by atoms with Crippen molar-refractivity contribution in [2.24, 2.45) is 0 Å². The fourth-order valence-corrected chi connectivity index (χ4v) is 6.06. The van der Waals surface area contributed by atoms with Crippen LogP contribution in [0.1, 0.15) is 28.1 Å². The SMILES string of the molecule is [B](c1nccn1C[SiH2]CC=C(c1ccccc1)c1ccccc1)C(c1ccccc1)c1ccccc1. The Morgan fingerprint density at radius 1 is 0.722 bits per heavy atom. The Morgan fingerprint density at radius 3 is 1.75 bits per heavy atom. The number of benzene rings is 4. The third-order valence-electron chi connectivity index (χ3n) is 6.50. The standard InChI is InChI=1S/C32H30BN2Si/c1-5-13-26(14-6-1)30(27-15-7-2-8-16-27)21-24-36-25-35-23-22-34-32(35)33-31(28-17-9-3-10-18-28)29-19-11-4-12-20-29/h1-23,31H,24-25,36H2. The summed E-state index contributed by atoms with van der Waals surface area (Å²) < 4.78 is 2.34. The Hall–Kier alpha value is -3.89. The topological polar surface area (TPSA) is 17.8 Å². The molecule has 36 heavy (non-hydrogen) atoms. The van der Waals surface area contributed by atoms with Crippen LogP contribution in [0.25, 0.3) is 5.57 Å². The first-order valence-electron chi connectivity index (χ1n) is 12.7. The molecule has 4 heteroatoms. The maximum Gasteiger partial charge on any atom is 0.215 e. The first kappa shape index (κ1) is 23.8. The molecule has 0 saturated heterocycles. The summed E-state index contributed by atoms with van der Waals surface area (Å²) in [5, 5.41) is 0. The highest BCUT2D eigenvalue weighted by atomic mass is 28.2. The zero-order valence-electron chi connectivity index (χ0n) is 20.4. The maximum absolute atomic E-state index is 4.73. The molecule has 1 radical (unpaired) electrons. The van der Waals surface area contributed by atoms with E-state index in [4.69, 9.17) is 4.98 Å². The van der Waals surface area contributed by atoms with Gasteiger partial charge in [0.05, 0.1) is 5.72 Å². The average molecular weight is 482 g/mol. The van der Waals surface area contributed by atoms with Crippen molar-refractivity contribution in [1.82, 2.24) is 9.55 Å². The van der Waals surface area contributed by atoms with E-state index < -0.39 is 0 Å². The van der Waals surface area contributed by atoms with Gasteiger partial charge in [-0.05, 0) is 39.7 Å². The van der Waals surface area contributed by atoms with Gasteiger partial charge in [-0.3, -0.25) is 4.98 Å². The minimum absolute atomic E-state index is 0.179. The van der Waals surface area contributed by atoms with Gasteiger partial charge < -0.3 is 4.57 Å². The maximum atomic E-state index is 4.73. The van der Waals surface area contributed by atoms with Gasteiger partial charge >= 0.3 is 0 Å². The zero-order valence-corrected chi connectivity index (χ0v) is 21.9. The summed E-state index contributed by atoms with van der Waals surface area (Å²) in [6.45, 7) is 0. The summed E-state index contributed by atoms with van der Waals surface area (Å²) in [5.41, 5.74) is 7.51. The highest BCUT2D eigenvalue weighted by Crippen LogP contribution is 2.24. The van der Waals surface area contributed by atoms with Crippen molar-refractivity contribution < 1.29 is 0 Å². The van der Waals surface area contributed by atoms with Gasteiger partial charge in [-0.25, -0.2) is 0 Å². The predicted molar refractivity (Wildman–Crippen MR) is 156 cm³/mol. The molecule has 0 spiro atoms. The first-order valence-corrected chi connectivity index (χ1v) is 14.7. The van der Waals surface area contributed by atoms with Crippen LogP contribution in [0, 0.1) is 0 Å². The van der Waals surface area contributed by atoms with Crippen LogP contribution in [0.3, 0.4) is 0 Å². The molecule has 175 valence electrons. The number of imidazole rings is 1. The van der Waals surface area contributed by atoms with Crippen molar-refractivity contribution in [3.05, 3.63) is 162 Å². The lowest BCUT2D eigenvalue weighted by molar-refractivity contribution is 0.898. The van der Waals surface area contributed by atoms with Crippen LogP contribution in [0.4, 0.5) is 0 Å². The Labute approximate surface area is 217 Å². The summed E-state index contributed by atoms with van der Waals surface area (Å²) in [6.07, 6.45) is 7.57.